The summed E-state index contributed by atoms with van der Waals surface area (Å²) in [5.41, 5.74) is 2.47. The van der Waals surface area contributed by atoms with Crippen molar-refractivity contribution in [2.75, 3.05) is 0 Å². The molecule has 0 saturated heterocycles. The summed E-state index contributed by atoms with van der Waals surface area (Å²) in [6, 6.07) is 13.2. The van der Waals surface area contributed by atoms with Crippen molar-refractivity contribution in [1.29, 1.82) is 0 Å². The number of aromatic amines is 1. The van der Waals surface area contributed by atoms with E-state index in [1.165, 1.54) is 0 Å². The van der Waals surface area contributed by atoms with Crippen LogP contribution in [0.3, 0.4) is 0 Å². The molecule has 0 bridgehead atoms. The lowest BCUT2D eigenvalue weighted by atomic mass is 10.2. The van der Waals surface area contributed by atoms with E-state index in [9.17, 15) is 4.79 Å². The van der Waals surface area contributed by atoms with Gasteiger partial charge in [0, 0.05) is 29.8 Å². The molecule has 1 amide bonds. The predicted octanol–water partition coefficient (Wildman–Crippen LogP) is 2.13. The first kappa shape index (κ1) is 12.2. The fraction of sp³-hybridized carbons (Fsp3) is 0.0667. The van der Waals surface area contributed by atoms with Crippen molar-refractivity contribution in [3.8, 4) is 5.69 Å². The number of carbonyl (C=O) groups excluding carboxylic acids is 1. The van der Waals surface area contributed by atoms with Gasteiger partial charge < -0.3 is 9.88 Å². The van der Waals surface area contributed by atoms with Gasteiger partial charge in [-0.3, -0.25) is 9.89 Å². The SMILES string of the molecule is O=C(NCc1ccn[nH]1)c1cccc(-n2cccc2)c1. The van der Waals surface area contributed by atoms with Crippen LogP contribution in [-0.4, -0.2) is 20.7 Å². The highest BCUT2D eigenvalue weighted by atomic mass is 16.1. The maximum Gasteiger partial charge on any atom is 0.251 e. The lowest BCUT2D eigenvalue weighted by Gasteiger charge is -2.07. The summed E-state index contributed by atoms with van der Waals surface area (Å²) in [7, 11) is 0. The van der Waals surface area contributed by atoms with Crippen molar-refractivity contribution in [2.24, 2.45) is 0 Å². The minimum absolute atomic E-state index is 0.103. The summed E-state index contributed by atoms with van der Waals surface area (Å²) in [5.74, 6) is -0.103. The quantitative estimate of drug-likeness (QED) is 0.760. The van der Waals surface area contributed by atoms with E-state index < -0.39 is 0 Å². The normalized spacial score (nSPS) is 10.4. The summed E-state index contributed by atoms with van der Waals surface area (Å²) in [6.45, 7) is 0.437. The van der Waals surface area contributed by atoms with Crippen LogP contribution in [0.4, 0.5) is 0 Å². The third-order valence-corrected chi connectivity index (χ3v) is 3.01. The molecule has 0 spiro atoms. The van der Waals surface area contributed by atoms with Crippen LogP contribution in [0.1, 0.15) is 16.1 Å². The molecular formula is C15H14N4O. The van der Waals surface area contributed by atoms with E-state index >= 15 is 0 Å². The van der Waals surface area contributed by atoms with Gasteiger partial charge in [-0.25, -0.2) is 0 Å². The van der Waals surface area contributed by atoms with Crippen LogP contribution >= 0.6 is 0 Å². The number of hydrogen-bond donors (Lipinski definition) is 2. The highest BCUT2D eigenvalue weighted by Gasteiger charge is 2.06. The van der Waals surface area contributed by atoms with Gasteiger partial charge in [0.2, 0.25) is 0 Å². The highest BCUT2D eigenvalue weighted by molar-refractivity contribution is 5.94. The number of nitrogens with one attached hydrogen (secondary N) is 2. The lowest BCUT2D eigenvalue weighted by Crippen LogP contribution is -2.23. The van der Waals surface area contributed by atoms with Gasteiger partial charge in [0.25, 0.3) is 5.91 Å². The van der Waals surface area contributed by atoms with Crippen LogP contribution in [0.5, 0.6) is 0 Å². The van der Waals surface area contributed by atoms with E-state index in [-0.39, 0.29) is 5.91 Å². The first-order valence-corrected chi connectivity index (χ1v) is 6.33. The second kappa shape index (κ2) is 5.44. The monoisotopic (exact) mass is 266 g/mol. The number of carbonyl (C=O) groups is 1. The standard InChI is InChI=1S/C15H14N4O/c20-15(16-11-13-6-7-17-18-13)12-4-3-5-14(10-12)19-8-1-2-9-19/h1-10H,11H2,(H,16,20)(H,17,18). The Hall–Kier alpha value is -2.82. The van der Waals surface area contributed by atoms with Gasteiger partial charge in [-0.05, 0) is 36.4 Å². The fourth-order valence-electron chi connectivity index (χ4n) is 1.98. The molecule has 0 radical (unpaired) electrons. The van der Waals surface area contributed by atoms with Gasteiger partial charge in [-0.1, -0.05) is 6.07 Å². The zero-order valence-corrected chi connectivity index (χ0v) is 10.8. The number of amides is 1. The average Bonchev–Trinajstić information content (AvgIpc) is 3.18. The Morgan fingerprint density at radius 3 is 2.80 bits per heavy atom. The Morgan fingerprint density at radius 1 is 1.20 bits per heavy atom. The molecule has 0 fully saturated rings. The fourth-order valence-corrected chi connectivity index (χ4v) is 1.98. The van der Waals surface area contributed by atoms with Gasteiger partial charge in [0.1, 0.15) is 0 Å². The van der Waals surface area contributed by atoms with Crippen molar-refractivity contribution < 1.29 is 4.79 Å². The minimum atomic E-state index is -0.103. The van der Waals surface area contributed by atoms with Crippen LogP contribution in [0, 0.1) is 0 Å². The Bertz CT molecular complexity index is 687. The molecule has 3 rings (SSSR count). The Morgan fingerprint density at radius 2 is 2.05 bits per heavy atom. The number of nitrogens with zero attached hydrogens (tertiary/aromatic N) is 2. The molecule has 2 N–H and O–H groups in total. The molecule has 5 nitrogen and oxygen atoms in total. The first-order chi connectivity index (χ1) is 9.83. The van der Waals surface area contributed by atoms with Crippen molar-refractivity contribution in [2.45, 2.75) is 6.54 Å². The second-order valence-electron chi connectivity index (χ2n) is 4.41. The Kier molecular flexibility index (Phi) is 3.33. The molecule has 3 aromatic rings. The maximum absolute atomic E-state index is 12.1. The van der Waals surface area contributed by atoms with E-state index in [1.807, 2.05) is 53.4 Å². The summed E-state index contributed by atoms with van der Waals surface area (Å²) in [5, 5.41) is 9.50. The van der Waals surface area contributed by atoms with Gasteiger partial charge >= 0.3 is 0 Å². The molecule has 0 aliphatic heterocycles. The molecule has 5 heteroatoms. The van der Waals surface area contributed by atoms with Crippen LogP contribution < -0.4 is 5.32 Å². The molecule has 2 aromatic heterocycles. The van der Waals surface area contributed by atoms with E-state index in [2.05, 4.69) is 15.5 Å². The molecule has 1 aromatic carbocycles. The second-order valence-corrected chi connectivity index (χ2v) is 4.41. The summed E-state index contributed by atoms with van der Waals surface area (Å²) in [4.78, 5) is 12.1. The molecule has 0 atom stereocenters. The number of hydrogen-bond acceptors (Lipinski definition) is 2. The van der Waals surface area contributed by atoms with E-state index in [4.69, 9.17) is 0 Å². The van der Waals surface area contributed by atoms with Crippen molar-refractivity contribution in [1.82, 2.24) is 20.1 Å². The van der Waals surface area contributed by atoms with Crippen LogP contribution in [0.15, 0.2) is 61.1 Å². The number of rotatable bonds is 4. The minimum Gasteiger partial charge on any atom is -0.346 e. The summed E-state index contributed by atoms with van der Waals surface area (Å²) < 4.78 is 1.96. The molecule has 0 aliphatic carbocycles. The number of aromatic nitrogens is 3. The molecule has 100 valence electrons. The topological polar surface area (TPSA) is 62.7 Å². The number of H-pyrrole nitrogens is 1. The summed E-state index contributed by atoms with van der Waals surface area (Å²) in [6.07, 6.45) is 5.55. The third-order valence-electron chi connectivity index (χ3n) is 3.01. The Labute approximate surface area is 116 Å². The largest absolute Gasteiger partial charge is 0.346 e. The zero-order chi connectivity index (χ0) is 13.8. The maximum atomic E-state index is 12.1. The average molecular weight is 266 g/mol. The first-order valence-electron chi connectivity index (χ1n) is 6.33. The van der Waals surface area contributed by atoms with Crippen LogP contribution in [0.25, 0.3) is 5.69 Å². The van der Waals surface area contributed by atoms with Crippen LogP contribution in [-0.2, 0) is 6.54 Å². The molecule has 0 aliphatic rings. The van der Waals surface area contributed by atoms with Gasteiger partial charge in [-0.15, -0.1) is 0 Å². The molecular weight excluding hydrogens is 252 g/mol. The van der Waals surface area contributed by atoms with Gasteiger partial charge in [-0.2, -0.15) is 5.10 Å². The van der Waals surface area contributed by atoms with Crippen molar-refractivity contribution in [3.63, 3.8) is 0 Å². The smallest absolute Gasteiger partial charge is 0.251 e. The molecule has 0 saturated carbocycles. The van der Waals surface area contributed by atoms with E-state index in [0.717, 1.165) is 11.4 Å². The highest BCUT2D eigenvalue weighted by Crippen LogP contribution is 2.11. The third kappa shape index (κ3) is 2.61. The van der Waals surface area contributed by atoms with Gasteiger partial charge in [0.05, 0.1) is 12.2 Å². The van der Waals surface area contributed by atoms with Crippen LogP contribution in [0.2, 0.25) is 0 Å². The lowest BCUT2D eigenvalue weighted by molar-refractivity contribution is 0.0950. The Balaban J connectivity index is 1.73. The van der Waals surface area contributed by atoms with E-state index in [1.54, 1.807) is 12.3 Å². The molecule has 20 heavy (non-hydrogen) atoms. The summed E-state index contributed by atoms with van der Waals surface area (Å²) >= 11 is 0. The number of benzene rings is 1. The zero-order valence-electron chi connectivity index (χ0n) is 10.8. The molecule has 2 heterocycles. The molecule has 0 unspecified atom stereocenters. The van der Waals surface area contributed by atoms with E-state index in [0.29, 0.717) is 12.1 Å². The predicted molar refractivity (Wildman–Crippen MR) is 75.5 cm³/mol. The van der Waals surface area contributed by atoms with Crippen molar-refractivity contribution >= 4 is 5.91 Å². The van der Waals surface area contributed by atoms with Crippen molar-refractivity contribution in [3.05, 3.63) is 72.3 Å². The van der Waals surface area contributed by atoms with Gasteiger partial charge in [0.15, 0.2) is 0 Å².